The maximum atomic E-state index is 12.5. The molecule has 0 atom stereocenters. The smallest absolute Gasteiger partial charge is 0.170 e. The summed E-state index contributed by atoms with van der Waals surface area (Å²) in [4.78, 5) is 12.5. The Kier molecular flexibility index (Phi) is 4.34. The third-order valence-electron chi connectivity index (χ3n) is 5.09. The first-order chi connectivity index (χ1) is 13.0. The minimum atomic E-state index is -1.25. The number of carbonyl (C=O) groups is 1. The van der Waals surface area contributed by atoms with Crippen LogP contribution < -0.4 is 4.74 Å². The molecule has 1 aliphatic heterocycles. The molecule has 0 radical (unpaired) electrons. The molecule has 4 rings (SSSR count). The summed E-state index contributed by atoms with van der Waals surface area (Å²) >= 11 is 0. The lowest BCUT2D eigenvalue weighted by Crippen LogP contribution is -2.48. The zero-order chi connectivity index (χ0) is 19.0. The zero-order valence-corrected chi connectivity index (χ0v) is 14.7. The molecule has 2 aliphatic rings. The van der Waals surface area contributed by atoms with Gasteiger partial charge in [0.1, 0.15) is 11.5 Å². The second-order valence-electron chi connectivity index (χ2n) is 7.00. The van der Waals surface area contributed by atoms with Gasteiger partial charge in [0, 0.05) is 0 Å². The summed E-state index contributed by atoms with van der Waals surface area (Å²) in [7, 11) is 0. The maximum Gasteiger partial charge on any atom is 0.170 e. The van der Waals surface area contributed by atoms with Gasteiger partial charge in [0.2, 0.25) is 0 Å². The van der Waals surface area contributed by atoms with Crippen LogP contribution in [-0.4, -0.2) is 39.9 Å². The van der Waals surface area contributed by atoms with E-state index >= 15 is 0 Å². The number of phenols is 1. The van der Waals surface area contributed by atoms with Crippen LogP contribution in [0.25, 0.3) is 11.1 Å². The Morgan fingerprint density at radius 2 is 1.85 bits per heavy atom. The molecule has 138 valence electrons. The summed E-state index contributed by atoms with van der Waals surface area (Å²) < 4.78 is 5.73. The first-order valence-electron chi connectivity index (χ1n) is 8.82. The number of phenolic OH excluding ortho intramolecular Hbond substituents is 1. The lowest BCUT2D eigenvalue weighted by atomic mass is 9.89. The van der Waals surface area contributed by atoms with Gasteiger partial charge in [0.15, 0.2) is 11.4 Å². The number of ether oxygens (including phenoxy) is 1. The fourth-order valence-electron chi connectivity index (χ4n) is 3.53. The van der Waals surface area contributed by atoms with Gasteiger partial charge in [-0.3, -0.25) is 4.79 Å². The predicted molar refractivity (Wildman–Crippen MR) is 102 cm³/mol. The number of fused-ring (bicyclic) bond motifs is 1. The van der Waals surface area contributed by atoms with Crippen molar-refractivity contribution in [2.24, 2.45) is 0 Å². The summed E-state index contributed by atoms with van der Waals surface area (Å²) in [6, 6.07) is 12.5. The number of hydrogen-bond donors (Lipinski definition) is 3. The Morgan fingerprint density at radius 3 is 2.59 bits per heavy atom. The van der Waals surface area contributed by atoms with Crippen LogP contribution in [0.1, 0.15) is 34.3 Å². The Balaban J connectivity index is 1.63. The lowest BCUT2D eigenvalue weighted by Gasteiger charge is -2.35. The largest absolute Gasteiger partial charge is 0.508 e. The second kappa shape index (κ2) is 6.68. The molecule has 27 heavy (non-hydrogen) atoms. The summed E-state index contributed by atoms with van der Waals surface area (Å²) in [5, 5.41) is 28.7. The number of rotatable bonds is 4. The van der Waals surface area contributed by atoms with Gasteiger partial charge in [-0.25, -0.2) is 0 Å². The Bertz CT molecular complexity index is 966. The van der Waals surface area contributed by atoms with E-state index in [0.29, 0.717) is 11.3 Å². The molecule has 0 spiro atoms. The molecule has 5 heteroatoms. The molecule has 0 saturated heterocycles. The molecular formula is C22H20O5. The number of ketones is 1. The van der Waals surface area contributed by atoms with Crippen LogP contribution >= 0.6 is 0 Å². The van der Waals surface area contributed by atoms with Crippen molar-refractivity contribution in [1.29, 1.82) is 0 Å². The van der Waals surface area contributed by atoms with E-state index in [2.05, 4.69) is 12.2 Å². The number of hydrogen-bond acceptors (Lipinski definition) is 5. The highest BCUT2D eigenvalue weighted by atomic mass is 16.5. The third-order valence-corrected chi connectivity index (χ3v) is 5.09. The van der Waals surface area contributed by atoms with Gasteiger partial charge in [-0.15, -0.1) is 0 Å². The van der Waals surface area contributed by atoms with Crippen LogP contribution in [0.3, 0.4) is 0 Å². The van der Waals surface area contributed by atoms with E-state index < -0.39 is 18.8 Å². The van der Waals surface area contributed by atoms with Gasteiger partial charge >= 0.3 is 0 Å². The molecule has 5 nitrogen and oxygen atoms in total. The van der Waals surface area contributed by atoms with Gasteiger partial charge in [-0.1, -0.05) is 30.4 Å². The Labute approximate surface area is 156 Å². The Morgan fingerprint density at radius 1 is 1.04 bits per heavy atom. The number of aliphatic hydroxyl groups is 2. The SMILES string of the molecule is O=C1CC(CO)(CO)Oc2ccc(C3=CC(c4cccc(O)c4)=CC3)cc21. The highest BCUT2D eigenvalue weighted by Gasteiger charge is 2.40. The molecule has 0 amide bonds. The monoisotopic (exact) mass is 364 g/mol. The molecule has 0 fully saturated rings. The summed E-state index contributed by atoms with van der Waals surface area (Å²) in [5.74, 6) is 0.460. The minimum absolute atomic E-state index is 0.0533. The molecule has 1 heterocycles. The first kappa shape index (κ1) is 17.5. The van der Waals surface area contributed by atoms with Crippen molar-refractivity contribution in [3.8, 4) is 11.5 Å². The Hall–Kier alpha value is -2.89. The molecule has 1 aliphatic carbocycles. The second-order valence-corrected chi connectivity index (χ2v) is 7.00. The highest BCUT2D eigenvalue weighted by molar-refractivity contribution is 6.01. The molecular weight excluding hydrogens is 344 g/mol. The van der Waals surface area contributed by atoms with Crippen molar-refractivity contribution >= 4 is 16.9 Å². The first-order valence-corrected chi connectivity index (χ1v) is 8.82. The van der Waals surface area contributed by atoms with Crippen molar-refractivity contribution < 1.29 is 24.9 Å². The van der Waals surface area contributed by atoms with E-state index in [1.165, 1.54) is 0 Å². The van der Waals surface area contributed by atoms with E-state index in [4.69, 9.17) is 4.74 Å². The summed E-state index contributed by atoms with van der Waals surface area (Å²) in [5.41, 5.74) is 3.20. The predicted octanol–water partition coefficient (Wildman–Crippen LogP) is 2.95. The van der Waals surface area contributed by atoms with Crippen molar-refractivity contribution in [2.75, 3.05) is 13.2 Å². The maximum absolute atomic E-state index is 12.5. The quantitative estimate of drug-likeness (QED) is 0.776. The van der Waals surface area contributed by atoms with Crippen molar-refractivity contribution in [3.05, 3.63) is 71.3 Å². The molecule has 2 aromatic rings. The third kappa shape index (κ3) is 3.16. The van der Waals surface area contributed by atoms with E-state index in [9.17, 15) is 20.1 Å². The minimum Gasteiger partial charge on any atom is -0.508 e. The summed E-state index contributed by atoms with van der Waals surface area (Å²) in [6.45, 7) is -0.836. The van der Waals surface area contributed by atoms with Crippen LogP contribution in [0.5, 0.6) is 11.5 Å². The normalized spacial score (nSPS) is 17.8. The number of aliphatic hydroxyl groups excluding tert-OH is 2. The average molecular weight is 364 g/mol. The fourth-order valence-corrected chi connectivity index (χ4v) is 3.53. The van der Waals surface area contributed by atoms with Crippen molar-refractivity contribution in [1.82, 2.24) is 0 Å². The number of Topliss-reactive ketones (excluding diaryl/α,β-unsaturated/α-hetero) is 1. The molecule has 0 saturated carbocycles. The lowest BCUT2D eigenvalue weighted by molar-refractivity contribution is -0.0403. The number of allylic oxidation sites excluding steroid dienone is 4. The van der Waals surface area contributed by atoms with Crippen LogP contribution in [0, 0.1) is 0 Å². The zero-order valence-electron chi connectivity index (χ0n) is 14.7. The summed E-state index contributed by atoms with van der Waals surface area (Å²) in [6.07, 6.45) is 4.82. The average Bonchev–Trinajstić information content (AvgIpc) is 3.18. The van der Waals surface area contributed by atoms with E-state index in [-0.39, 0.29) is 18.0 Å². The van der Waals surface area contributed by atoms with Crippen molar-refractivity contribution in [3.63, 3.8) is 0 Å². The number of benzene rings is 2. The van der Waals surface area contributed by atoms with Gasteiger partial charge in [-0.2, -0.15) is 0 Å². The van der Waals surface area contributed by atoms with Gasteiger partial charge in [0.05, 0.1) is 25.2 Å². The van der Waals surface area contributed by atoms with Gasteiger partial charge in [-0.05, 0) is 53.0 Å². The fraction of sp³-hybridized carbons (Fsp3) is 0.227. The molecule has 3 N–H and O–H groups in total. The van der Waals surface area contributed by atoms with Crippen molar-refractivity contribution in [2.45, 2.75) is 18.4 Å². The van der Waals surface area contributed by atoms with Crippen LogP contribution in [-0.2, 0) is 0 Å². The topological polar surface area (TPSA) is 87.0 Å². The number of aromatic hydroxyl groups is 1. The van der Waals surface area contributed by atoms with E-state index in [1.807, 2.05) is 12.1 Å². The van der Waals surface area contributed by atoms with Gasteiger partial charge < -0.3 is 20.1 Å². The molecule has 2 aromatic carbocycles. The van der Waals surface area contributed by atoms with Gasteiger partial charge in [0.25, 0.3) is 0 Å². The number of carbonyl (C=O) groups excluding carboxylic acids is 1. The highest BCUT2D eigenvalue weighted by Crippen LogP contribution is 2.38. The molecule has 0 aromatic heterocycles. The standard InChI is InChI=1S/C22H20O5/c23-12-22(13-24)11-20(26)19-10-17(6-7-21(19)27-22)16-5-4-15(8-16)14-2-1-3-18(25)9-14/h1-4,6-10,23-25H,5,11-13H2. The molecule has 0 bridgehead atoms. The van der Waals surface area contributed by atoms with Crippen LogP contribution in [0.15, 0.2) is 54.6 Å². The van der Waals surface area contributed by atoms with E-state index in [1.54, 1.807) is 30.3 Å². The molecule has 0 unspecified atom stereocenters. The van der Waals surface area contributed by atoms with Crippen LogP contribution in [0.2, 0.25) is 0 Å². The van der Waals surface area contributed by atoms with E-state index in [0.717, 1.165) is 28.7 Å². The van der Waals surface area contributed by atoms with Crippen LogP contribution in [0.4, 0.5) is 0 Å².